The molecule has 7 rings (SSSR count). The Balaban J connectivity index is 1.17. The fraction of sp³-hybridized carbons (Fsp3) is 0.452. The standard InChI is InChI=1S/C42H47N3O10/c1-24-8-6-11-30(46)10-5-3-4-9-28-17-33(47)39(40(50)38(28)42(52)55-24)31(27-14-15-34-35(18-27)54-23-53-34)19-36(48)43-25(2)41(51)44-20-26-16-29(22-44)32-12-7-13-37(49)45(32)21-26/h4,7,9,12-15,17-18,24-26,29,31,47,50H,3,5-6,8,10-11,16,19-23H2,1-2H3,(H,43,48)/t24-,25-,26?,29?,31?/m0/s1. The number of phenolic OH excluding ortho intramolecular Hbond substituents is 2. The van der Waals surface area contributed by atoms with Crippen LogP contribution in [-0.4, -0.2) is 75.3 Å². The van der Waals surface area contributed by atoms with Gasteiger partial charge in [0.25, 0.3) is 5.56 Å². The van der Waals surface area contributed by atoms with E-state index in [0.717, 1.165) is 12.1 Å². The summed E-state index contributed by atoms with van der Waals surface area (Å²) in [7, 11) is 0. The molecule has 2 bridgehead atoms. The zero-order valence-corrected chi connectivity index (χ0v) is 31.1. The number of carbonyl (C=O) groups excluding carboxylic acids is 4. The lowest BCUT2D eigenvalue weighted by Crippen LogP contribution is -2.54. The van der Waals surface area contributed by atoms with Crippen molar-refractivity contribution in [1.29, 1.82) is 0 Å². The number of cyclic esters (lactones) is 1. The third kappa shape index (κ3) is 8.11. The van der Waals surface area contributed by atoms with Gasteiger partial charge in [-0.2, -0.15) is 0 Å². The summed E-state index contributed by atoms with van der Waals surface area (Å²) in [5.74, 6) is -2.28. The number of amides is 2. The number of hydrogen-bond acceptors (Lipinski definition) is 10. The highest BCUT2D eigenvalue weighted by atomic mass is 16.7. The van der Waals surface area contributed by atoms with Crippen molar-refractivity contribution >= 4 is 29.6 Å². The summed E-state index contributed by atoms with van der Waals surface area (Å²) in [6.45, 7) is 4.78. The Bertz CT molecular complexity index is 2090. The minimum Gasteiger partial charge on any atom is -0.507 e. The molecule has 5 atom stereocenters. The molecule has 0 radical (unpaired) electrons. The van der Waals surface area contributed by atoms with E-state index in [0.29, 0.717) is 75.2 Å². The van der Waals surface area contributed by atoms with E-state index < -0.39 is 35.7 Å². The number of nitrogens with zero attached hydrogens (tertiary/aromatic N) is 2. The number of nitrogens with one attached hydrogen (secondary N) is 1. The molecule has 1 saturated heterocycles. The first-order valence-electron chi connectivity index (χ1n) is 19.1. The molecule has 13 nitrogen and oxygen atoms in total. The minimum atomic E-state index is -1.00. The predicted molar refractivity (Wildman–Crippen MR) is 201 cm³/mol. The lowest BCUT2D eigenvalue weighted by atomic mass is 9.83. The number of allylic oxidation sites excluding steroid dienone is 1. The first-order valence-corrected chi connectivity index (χ1v) is 19.1. The minimum absolute atomic E-state index is 0.00394. The van der Waals surface area contributed by atoms with Crippen molar-refractivity contribution < 1.29 is 43.6 Å². The van der Waals surface area contributed by atoms with Crippen LogP contribution >= 0.6 is 0 Å². The summed E-state index contributed by atoms with van der Waals surface area (Å²) in [6, 6.07) is 10.7. The van der Waals surface area contributed by atoms with E-state index in [1.165, 1.54) is 6.07 Å². The van der Waals surface area contributed by atoms with Crippen molar-refractivity contribution in [2.45, 2.75) is 95.7 Å². The normalized spacial score (nSPS) is 22.1. The van der Waals surface area contributed by atoms with Crippen LogP contribution < -0.4 is 20.3 Å². The van der Waals surface area contributed by atoms with Crippen LogP contribution in [0.2, 0.25) is 0 Å². The molecule has 3 unspecified atom stereocenters. The van der Waals surface area contributed by atoms with Crippen LogP contribution in [0.5, 0.6) is 23.0 Å². The van der Waals surface area contributed by atoms with Crippen LogP contribution in [0.1, 0.15) is 110 Å². The third-order valence-corrected chi connectivity index (χ3v) is 11.1. The van der Waals surface area contributed by atoms with Gasteiger partial charge < -0.3 is 39.2 Å². The quantitative estimate of drug-likeness (QED) is 0.286. The highest BCUT2D eigenvalue weighted by molar-refractivity contribution is 5.98. The van der Waals surface area contributed by atoms with Crippen LogP contribution in [-0.2, 0) is 25.7 Å². The van der Waals surface area contributed by atoms with Gasteiger partial charge in [-0.15, -0.1) is 0 Å². The average molecular weight is 754 g/mol. The Hall–Kier alpha value is -5.59. The zero-order chi connectivity index (χ0) is 38.8. The Labute approximate surface area is 318 Å². The van der Waals surface area contributed by atoms with Crippen molar-refractivity contribution in [2.24, 2.45) is 5.92 Å². The number of esters is 1. The number of likely N-dealkylation sites (tertiary alicyclic amines) is 1. The van der Waals surface area contributed by atoms with E-state index in [1.54, 1.807) is 65.8 Å². The molecule has 1 fully saturated rings. The van der Waals surface area contributed by atoms with Crippen molar-refractivity contribution in [3.8, 4) is 23.0 Å². The Morgan fingerprint density at radius 3 is 2.62 bits per heavy atom. The molecular formula is C42H47N3O10. The second-order valence-corrected chi connectivity index (χ2v) is 15.2. The molecule has 2 aromatic carbocycles. The smallest absolute Gasteiger partial charge is 0.342 e. The maximum atomic E-state index is 13.9. The van der Waals surface area contributed by atoms with Gasteiger partial charge >= 0.3 is 5.97 Å². The molecule has 5 heterocycles. The van der Waals surface area contributed by atoms with E-state index in [1.807, 2.05) is 6.07 Å². The molecule has 2 amide bonds. The monoisotopic (exact) mass is 753 g/mol. The molecule has 0 spiro atoms. The largest absolute Gasteiger partial charge is 0.507 e. The molecule has 0 aliphatic carbocycles. The predicted octanol–water partition coefficient (Wildman–Crippen LogP) is 5.14. The van der Waals surface area contributed by atoms with Crippen molar-refractivity contribution in [2.75, 3.05) is 19.9 Å². The fourth-order valence-corrected chi connectivity index (χ4v) is 8.43. The number of carbonyl (C=O) groups is 4. The van der Waals surface area contributed by atoms with Crippen LogP contribution in [0.3, 0.4) is 0 Å². The van der Waals surface area contributed by atoms with Crippen molar-refractivity contribution in [3.63, 3.8) is 0 Å². The zero-order valence-electron chi connectivity index (χ0n) is 31.1. The Morgan fingerprint density at radius 2 is 1.78 bits per heavy atom. The number of hydrogen-bond donors (Lipinski definition) is 3. The summed E-state index contributed by atoms with van der Waals surface area (Å²) in [4.78, 5) is 68.0. The lowest BCUT2D eigenvalue weighted by Gasteiger charge is -2.43. The molecule has 4 aliphatic rings. The van der Waals surface area contributed by atoms with E-state index in [2.05, 4.69) is 5.32 Å². The van der Waals surface area contributed by atoms with Gasteiger partial charge in [0.05, 0.1) is 6.10 Å². The molecular weight excluding hydrogens is 706 g/mol. The maximum absolute atomic E-state index is 13.9. The number of rotatable bonds is 6. The molecule has 3 N–H and O–H groups in total. The topological polar surface area (TPSA) is 174 Å². The number of piperidine rings is 1. The number of ether oxygens (including phenoxy) is 3. The first kappa shape index (κ1) is 37.7. The molecule has 3 aromatic rings. The van der Waals surface area contributed by atoms with Gasteiger partial charge in [0.15, 0.2) is 11.5 Å². The van der Waals surface area contributed by atoms with E-state index in [-0.39, 0.29) is 64.7 Å². The molecule has 55 heavy (non-hydrogen) atoms. The third-order valence-electron chi connectivity index (χ3n) is 11.1. The van der Waals surface area contributed by atoms with Crippen LogP contribution in [0.4, 0.5) is 0 Å². The summed E-state index contributed by atoms with van der Waals surface area (Å²) < 4.78 is 18.7. The van der Waals surface area contributed by atoms with Gasteiger partial charge in [0.2, 0.25) is 18.6 Å². The highest BCUT2D eigenvalue weighted by Gasteiger charge is 2.38. The van der Waals surface area contributed by atoms with Crippen LogP contribution in [0.25, 0.3) is 6.08 Å². The van der Waals surface area contributed by atoms with E-state index >= 15 is 0 Å². The lowest BCUT2D eigenvalue weighted by molar-refractivity contribution is -0.138. The average Bonchev–Trinajstić information content (AvgIpc) is 3.62. The van der Waals surface area contributed by atoms with Gasteiger partial charge in [-0.1, -0.05) is 24.3 Å². The fourth-order valence-electron chi connectivity index (χ4n) is 8.43. The number of Topliss-reactive ketones (excluding diaryl/α,β-unsaturated/α-hetero) is 1. The van der Waals surface area contributed by atoms with Gasteiger partial charge in [0.1, 0.15) is 28.9 Å². The number of ketones is 1. The number of phenols is 2. The van der Waals surface area contributed by atoms with Gasteiger partial charge in [-0.3, -0.25) is 19.2 Å². The van der Waals surface area contributed by atoms with Gasteiger partial charge in [-0.25, -0.2) is 4.79 Å². The molecule has 13 heteroatoms. The number of pyridine rings is 1. The second-order valence-electron chi connectivity index (χ2n) is 15.2. The molecule has 1 aromatic heterocycles. The highest BCUT2D eigenvalue weighted by Crippen LogP contribution is 2.46. The van der Waals surface area contributed by atoms with Gasteiger partial charge in [-0.05, 0) is 87.3 Å². The summed E-state index contributed by atoms with van der Waals surface area (Å²) >= 11 is 0. The SMILES string of the molecule is C[C@H](NC(=O)CC(c1ccc2c(c1)OCO2)c1c(O)cc2c(c1O)C(=O)O[C@@H](C)CCCC(=O)CCCC=C2)C(=O)N1CC2CC(C1)c1cccc(=O)n1C2. The molecule has 0 saturated carbocycles. The number of fused-ring (bicyclic) bond motifs is 6. The number of aromatic hydroxyl groups is 2. The maximum Gasteiger partial charge on any atom is 0.342 e. The van der Waals surface area contributed by atoms with Crippen molar-refractivity contribution in [3.05, 3.63) is 86.8 Å². The molecule has 4 aliphatic heterocycles. The second kappa shape index (κ2) is 16.0. The Kier molecular flexibility index (Phi) is 11.0. The van der Waals surface area contributed by atoms with E-state index in [4.69, 9.17) is 14.2 Å². The van der Waals surface area contributed by atoms with Gasteiger partial charge in [0, 0.05) is 68.1 Å². The summed E-state index contributed by atoms with van der Waals surface area (Å²) in [5.41, 5.74) is 1.37. The number of aromatic nitrogens is 1. The van der Waals surface area contributed by atoms with Crippen LogP contribution in [0.15, 0.2) is 53.3 Å². The number of benzene rings is 2. The van der Waals surface area contributed by atoms with Crippen LogP contribution in [0, 0.1) is 5.92 Å². The Morgan fingerprint density at radius 1 is 0.982 bits per heavy atom. The summed E-state index contributed by atoms with van der Waals surface area (Å²) in [5, 5.41) is 26.4. The summed E-state index contributed by atoms with van der Waals surface area (Å²) in [6.07, 6.45) is 6.41. The first-order chi connectivity index (χ1) is 26.5. The van der Waals surface area contributed by atoms with E-state index in [9.17, 15) is 34.2 Å². The molecule has 290 valence electrons. The van der Waals surface area contributed by atoms with Crippen molar-refractivity contribution in [1.82, 2.24) is 14.8 Å².